The van der Waals surface area contributed by atoms with Gasteiger partial charge in [-0.15, -0.1) is 0 Å². The number of hydrogen-bond donors (Lipinski definition) is 3. The van der Waals surface area contributed by atoms with Crippen LogP contribution in [0, 0.1) is 5.82 Å². The second kappa shape index (κ2) is 12.0. The van der Waals surface area contributed by atoms with Crippen molar-refractivity contribution in [1.29, 1.82) is 0 Å². The molecule has 0 bridgehead atoms. The van der Waals surface area contributed by atoms with Gasteiger partial charge in [0.15, 0.2) is 0 Å². The van der Waals surface area contributed by atoms with Crippen LogP contribution in [0.4, 0.5) is 4.39 Å². The second-order valence-corrected chi connectivity index (χ2v) is 8.81. The number of pyridine rings is 1. The summed E-state index contributed by atoms with van der Waals surface area (Å²) in [5, 5.41) is 29.1. The smallest absolute Gasteiger partial charge is 0.305 e. The van der Waals surface area contributed by atoms with E-state index in [-0.39, 0.29) is 24.1 Å². The van der Waals surface area contributed by atoms with Gasteiger partial charge < -0.3 is 20.1 Å². The van der Waals surface area contributed by atoms with E-state index in [1.807, 2.05) is 13.8 Å². The van der Waals surface area contributed by atoms with Gasteiger partial charge in [0.1, 0.15) is 5.82 Å². The third kappa shape index (κ3) is 7.19. The lowest BCUT2D eigenvalue weighted by Gasteiger charge is -2.23. The number of aliphatic hydroxyl groups is 2. The Morgan fingerprint density at radius 1 is 1.09 bits per heavy atom. The fourth-order valence-electron chi connectivity index (χ4n) is 3.85. The Hall–Kier alpha value is -2.61. The molecule has 1 aromatic carbocycles. The second-order valence-electron chi connectivity index (χ2n) is 8.81. The quantitative estimate of drug-likeness (QED) is 0.443. The number of benzene rings is 1. The Morgan fingerprint density at radius 3 is 2.21 bits per heavy atom. The Morgan fingerprint density at radius 2 is 1.70 bits per heavy atom. The van der Waals surface area contributed by atoms with Crippen molar-refractivity contribution in [2.24, 2.45) is 0 Å². The van der Waals surface area contributed by atoms with E-state index >= 15 is 0 Å². The zero-order valence-corrected chi connectivity index (χ0v) is 19.9. The molecule has 1 aromatic heterocycles. The maximum Gasteiger partial charge on any atom is 0.305 e. The number of carboxylic acid groups (broad SMARTS) is 1. The molecule has 3 N–H and O–H groups in total. The molecule has 7 heteroatoms. The minimum Gasteiger partial charge on any atom is -0.481 e. The van der Waals surface area contributed by atoms with Crippen molar-refractivity contribution >= 4 is 12.0 Å². The molecule has 0 saturated heterocycles. The van der Waals surface area contributed by atoms with Crippen LogP contribution in [0.25, 0.3) is 17.2 Å². The van der Waals surface area contributed by atoms with Gasteiger partial charge in [-0.05, 0) is 35.1 Å². The molecular formula is C26H34FNO5. The molecule has 1 unspecified atom stereocenters. The highest BCUT2D eigenvalue weighted by Crippen LogP contribution is 2.37. The van der Waals surface area contributed by atoms with Crippen LogP contribution in [0.15, 0.2) is 30.3 Å². The molecule has 33 heavy (non-hydrogen) atoms. The fourth-order valence-corrected chi connectivity index (χ4v) is 3.85. The first-order valence-electron chi connectivity index (χ1n) is 11.1. The highest BCUT2D eigenvalue weighted by atomic mass is 19.1. The van der Waals surface area contributed by atoms with E-state index in [9.17, 15) is 19.4 Å². The van der Waals surface area contributed by atoms with E-state index in [0.29, 0.717) is 6.61 Å². The number of carboxylic acids is 1. The topological polar surface area (TPSA) is 99.9 Å². The predicted octanol–water partition coefficient (Wildman–Crippen LogP) is 4.88. The number of carbonyl (C=O) groups is 1. The van der Waals surface area contributed by atoms with Gasteiger partial charge >= 0.3 is 5.97 Å². The standard InChI is InChI=1S/C26H34FNO5/c1-15(2)25-21(11-10-19(29)12-20(30)13-23(31)32)24(17-6-8-18(27)9-7-17)22(14-33-5)26(28-25)16(3)4/h6-11,15-16,19-20,29-30H,12-14H2,1-5H3,(H,31,32)/t19-,20?/m1/s1. The van der Waals surface area contributed by atoms with Gasteiger partial charge in [0.05, 0.1) is 30.9 Å². The summed E-state index contributed by atoms with van der Waals surface area (Å²) in [4.78, 5) is 15.8. The predicted molar refractivity (Wildman–Crippen MR) is 126 cm³/mol. The molecule has 6 nitrogen and oxygen atoms in total. The minimum absolute atomic E-state index is 0.0627. The summed E-state index contributed by atoms with van der Waals surface area (Å²) >= 11 is 0. The average Bonchev–Trinajstić information content (AvgIpc) is 2.72. The molecular weight excluding hydrogens is 425 g/mol. The average molecular weight is 460 g/mol. The number of aliphatic carboxylic acids is 1. The summed E-state index contributed by atoms with van der Waals surface area (Å²) in [7, 11) is 1.61. The van der Waals surface area contributed by atoms with E-state index in [0.717, 1.165) is 33.6 Å². The molecule has 0 fully saturated rings. The Bertz CT molecular complexity index is 970. The highest BCUT2D eigenvalue weighted by Gasteiger charge is 2.23. The Balaban J connectivity index is 2.69. The molecule has 180 valence electrons. The number of ether oxygens (including phenoxy) is 1. The maximum absolute atomic E-state index is 13.7. The van der Waals surface area contributed by atoms with Gasteiger partial charge in [0.2, 0.25) is 0 Å². The summed E-state index contributed by atoms with van der Waals surface area (Å²) in [6.07, 6.45) is 0.541. The monoisotopic (exact) mass is 459 g/mol. The first-order valence-corrected chi connectivity index (χ1v) is 11.1. The van der Waals surface area contributed by atoms with Gasteiger partial charge in [0, 0.05) is 30.4 Å². The first-order chi connectivity index (χ1) is 15.5. The van der Waals surface area contributed by atoms with E-state index in [2.05, 4.69) is 13.8 Å². The van der Waals surface area contributed by atoms with Crippen LogP contribution >= 0.6 is 0 Å². The van der Waals surface area contributed by atoms with Crippen LogP contribution in [0.2, 0.25) is 0 Å². The third-order valence-corrected chi connectivity index (χ3v) is 5.32. The lowest BCUT2D eigenvalue weighted by molar-refractivity contribution is -0.139. The number of aromatic nitrogens is 1. The van der Waals surface area contributed by atoms with E-state index in [1.165, 1.54) is 18.2 Å². The van der Waals surface area contributed by atoms with Crippen molar-refractivity contribution in [3.05, 3.63) is 58.7 Å². The Kier molecular flexibility index (Phi) is 9.70. The number of aliphatic hydroxyl groups excluding tert-OH is 2. The van der Waals surface area contributed by atoms with Gasteiger partial charge in [-0.3, -0.25) is 9.78 Å². The number of hydrogen-bond acceptors (Lipinski definition) is 5. The van der Waals surface area contributed by atoms with Crippen LogP contribution < -0.4 is 0 Å². The summed E-state index contributed by atoms with van der Waals surface area (Å²) < 4.78 is 19.2. The molecule has 0 aliphatic carbocycles. The maximum atomic E-state index is 13.7. The molecule has 1 heterocycles. The van der Waals surface area contributed by atoms with Gasteiger partial charge in [0.25, 0.3) is 0 Å². The van der Waals surface area contributed by atoms with Gasteiger partial charge in [-0.1, -0.05) is 52.0 Å². The number of halogens is 1. The zero-order valence-electron chi connectivity index (χ0n) is 19.9. The summed E-state index contributed by atoms with van der Waals surface area (Å²) in [6, 6.07) is 6.23. The van der Waals surface area contributed by atoms with Crippen molar-refractivity contribution in [3.63, 3.8) is 0 Å². The Labute approximate surface area is 194 Å². The van der Waals surface area contributed by atoms with Crippen molar-refractivity contribution in [2.45, 2.75) is 71.2 Å². The molecule has 2 atom stereocenters. The van der Waals surface area contributed by atoms with Gasteiger partial charge in [-0.25, -0.2) is 4.39 Å². The van der Waals surface area contributed by atoms with Crippen molar-refractivity contribution in [2.75, 3.05) is 7.11 Å². The van der Waals surface area contributed by atoms with Crippen molar-refractivity contribution < 1.29 is 29.2 Å². The van der Waals surface area contributed by atoms with Crippen LogP contribution in [-0.4, -0.2) is 45.6 Å². The summed E-state index contributed by atoms with van der Waals surface area (Å²) in [6.45, 7) is 8.49. The molecule has 0 spiro atoms. The lowest BCUT2D eigenvalue weighted by Crippen LogP contribution is -2.19. The number of rotatable bonds is 11. The van der Waals surface area contributed by atoms with E-state index < -0.39 is 24.6 Å². The van der Waals surface area contributed by atoms with Crippen LogP contribution in [-0.2, 0) is 16.1 Å². The van der Waals surface area contributed by atoms with Crippen LogP contribution in [0.3, 0.4) is 0 Å². The molecule has 0 radical (unpaired) electrons. The van der Waals surface area contributed by atoms with Crippen molar-refractivity contribution in [3.8, 4) is 11.1 Å². The van der Waals surface area contributed by atoms with E-state index in [1.54, 1.807) is 25.3 Å². The SMILES string of the molecule is COCc1c(C(C)C)nc(C(C)C)c(C=C[C@@H](O)CC(O)CC(=O)O)c1-c1ccc(F)cc1. The number of methoxy groups -OCH3 is 1. The normalized spacial score (nSPS) is 13.8. The first kappa shape index (κ1) is 26.6. The largest absolute Gasteiger partial charge is 0.481 e. The van der Waals surface area contributed by atoms with Gasteiger partial charge in [-0.2, -0.15) is 0 Å². The zero-order chi connectivity index (χ0) is 24.7. The minimum atomic E-state index is -1.16. The number of nitrogens with zero attached hydrogens (tertiary/aromatic N) is 1. The van der Waals surface area contributed by atoms with E-state index in [4.69, 9.17) is 14.8 Å². The highest BCUT2D eigenvalue weighted by molar-refractivity contribution is 5.80. The lowest BCUT2D eigenvalue weighted by atomic mass is 9.87. The molecule has 2 rings (SSSR count). The fraction of sp³-hybridized carbons (Fsp3) is 0.462. The third-order valence-electron chi connectivity index (χ3n) is 5.32. The molecule has 0 aliphatic heterocycles. The van der Waals surface area contributed by atoms with Crippen molar-refractivity contribution in [1.82, 2.24) is 4.98 Å². The summed E-state index contributed by atoms with van der Waals surface area (Å²) in [5.74, 6) is -1.28. The van der Waals surface area contributed by atoms with Crippen LogP contribution in [0.1, 0.15) is 74.9 Å². The molecule has 0 saturated carbocycles. The molecule has 0 amide bonds. The molecule has 2 aromatic rings. The molecule has 0 aliphatic rings. The van der Waals surface area contributed by atoms with Crippen LogP contribution in [0.5, 0.6) is 0 Å². The summed E-state index contributed by atoms with van der Waals surface area (Å²) in [5.41, 5.74) is 5.05.